The lowest BCUT2D eigenvalue weighted by Crippen LogP contribution is -2.42. The van der Waals surface area contributed by atoms with E-state index in [1.807, 2.05) is 0 Å². The highest BCUT2D eigenvalue weighted by Gasteiger charge is 2.18. The van der Waals surface area contributed by atoms with Gasteiger partial charge in [-0.05, 0) is 29.4 Å². The van der Waals surface area contributed by atoms with Gasteiger partial charge in [-0.15, -0.1) is 0 Å². The maximum Gasteiger partial charge on any atom is 0.475 e. The first-order chi connectivity index (χ1) is 8.60. The smallest absolute Gasteiger partial charge is 0.475 e. The Morgan fingerprint density at radius 3 is 2.61 bits per heavy atom. The van der Waals surface area contributed by atoms with E-state index < -0.39 is 0 Å². The van der Waals surface area contributed by atoms with Crippen LogP contribution in [0, 0.1) is 6.92 Å². The van der Waals surface area contributed by atoms with Crippen molar-refractivity contribution in [3.8, 4) is 5.75 Å². The molecular weight excluding hydrogens is 234 g/mol. The summed E-state index contributed by atoms with van der Waals surface area (Å²) in [5, 5.41) is 3.99. The molecule has 0 saturated carbocycles. The molecule has 0 radical (unpaired) electrons. The van der Waals surface area contributed by atoms with Crippen LogP contribution in [-0.2, 0) is 6.54 Å². The number of nitrogens with two attached hydrogens (primary N) is 1. The Labute approximate surface area is 104 Å². The number of rotatable bonds is 4. The number of aryl methyl sites for hydroxylation is 1. The second kappa shape index (κ2) is 4.87. The van der Waals surface area contributed by atoms with Crippen molar-refractivity contribution >= 4 is 11.8 Å². The van der Waals surface area contributed by atoms with Gasteiger partial charge in [0, 0.05) is 12.5 Å². The first-order valence-corrected chi connectivity index (χ1v) is 5.40. The fraction of sp³-hybridized carbons (Fsp3) is 0.250. The molecule has 2 rings (SSSR count). The number of carbonyl (C=O) groups excluding carboxylic acids is 1. The molecule has 0 spiro atoms. The van der Waals surface area contributed by atoms with Gasteiger partial charge in [0.1, 0.15) is 5.75 Å². The van der Waals surface area contributed by atoms with Crippen molar-refractivity contribution in [3.05, 3.63) is 35.7 Å². The zero-order valence-corrected chi connectivity index (χ0v) is 10.2. The largest absolute Gasteiger partial charge is 0.497 e. The molecule has 0 amide bonds. The number of ether oxygens (including phenoxy) is 1. The summed E-state index contributed by atoms with van der Waals surface area (Å²) in [6, 6.07) is 6.98. The van der Waals surface area contributed by atoms with Crippen LogP contribution in [0.5, 0.6) is 5.75 Å². The first kappa shape index (κ1) is 12.1. The van der Waals surface area contributed by atoms with Crippen LogP contribution in [0.15, 0.2) is 28.7 Å². The van der Waals surface area contributed by atoms with Crippen molar-refractivity contribution in [2.75, 3.05) is 12.8 Å². The Morgan fingerprint density at radius 2 is 2.11 bits per heavy atom. The zero-order valence-electron chi connectivity index (χ0n) is 10.2. The Hall–Kier alpha value is -2.37. The van der Waals surface area contributed by atoms with E-state index in [0.29, 0.717) is 17.2 Å². The average Bonchev–Trinajstić information content (AvgIpc) is 2.68. The molecule has 6 nitrogen and oxygen atoms in total. The minimum atomic E-state index is -0.0948. The molecule has 1 aromatic carbocycles. The lowest BCUT2D eigenvalue weighted by molar-refractivity contribution is -0.727. The van der Waals surface area contributed by atoms with Gasteiger partial charge in [-0.2, -0.15) is 0 Å². The Bertz CT molecular complexity index is 560. The van der Waals surface area contributed by atoms with Gasteiger partial charge in [0.15, 0.2) is 6.54 Å². The number of nitrogens with zero attached hydrogens (tertiary/aromatic N) is 2. The molecule has 94 valence electrons. The summed E-state index contributed by atoms with van der Waals surface area (Å²) in [6.45, 7) is 1.72. The lowest BCUT2D eigenvalue weighted by atomic mass is 10.1. The monoisotopic (exact) mass is 248 g/mol. The summed E-state index contributed by atoms with van der Waals surface area (Å²) in [6.07, 6.45) is 0. The predicted octanol–water partition coefficient (Wildman–Crippen LogP) is 0.744. The first-order valence-electron chi connectivity index (χ1n) is 5.40. The van der Waals surface area contributed by atoms with Crippen molar-refractivity contribution in [1.29, 1.82) is 0 Å². The lowest BCUT2D eigenvalue weighted by Gasteiger charge is -2.00. The number of benzene rings is 1. The summed E-state index contributed by atoms with van der Waals surface area (Å²) < 4.78 is 11.4. The predicted molar refractivity (Wildman–Crippen MR) is 63.2 cm³/mol. The van der Waals surface area contributed by atoms with E-state index in [4.69, 9.17) is 14.9 Å². The molecule has 0 aliphatic rings. The number of hydrogen-bond acceptors (Lipinski definition) is 5. The van der Waals surface area contributed by atoms with E-state index in [2.05, 4.69) is 5.10 Å². The number of hydrogen-bond donors (Lipinski definition) is 1. The summed E-state index contributed by atoms with van der Waals surface area (Å²) in [5.74, 6) is 1.04. The molecule has 2 N–H and O–H groups in total. The fourth-order valence-corrected chi connectivity index (χ4v) is 1.56. The summed E-state index contributed by atoms with van der Waals surface area (Å²) in [4.78, 5) is 12.0. The highest BCUT2D eigenvalue weighted by molar-refractivity contribution is 5.95. The van der Waals surface area contributed by atoms with Crippen LogP contribution in [0.4, 0.5) is 6.01 Å². The number of nitrogen functional groups attached to an aromatic ring is 1. The molecule has 0 saturated heterocycles. The van der Waals surface area contributed by atoms with Crippen LogP contribution in [0.1, 0.15) is 16.2 Å². The van der Waals surface area contributed by atoms with E-state index >= 15 is 0 Å². The SMILES string of the molecule is COc1ccc(C(=O)C[n+]2nc(C)oc2N)cc1. The molecule has 18 heavy (non-hydrogen) atoms. The normalized spacial score (nSPS) is 10.3. The van der Waals surface area contributed by atoms with Crippen molar-refractivity contribution < 1.29 is 18.6 Å². The molecule has 0 aliphatic carbocycles. The second-order valence-electron chi connectivity index (χ2n) is 3.77. The van der Waals surface area contributed by atoms with Gasteiger partial charge < -0.3 is 9.15 Å². The summed E-state index contributed by atoms with van der Waals surface area (Å²) >= 11 is 0. The topological polar surface area (TPSA) is 82.2 Å². The third-order valence-electron chi connectivity index (χ3n) is 2.47. The van der Waals surface area contributed by atoms with E-state index in [0.717, 1.165) is 0 Å². The van der Waals surface area contributed by atoms with E-state index in [1.165, 1.54) is 4.68 Å². The second-order valence-corrected chi connectivity index (χ2v) is 3.77. The van der Waals surface area contributed by atoms with Gasteiger partial charge in [-0.3, -0.25) is 10.5 Å². The van der Waals surface area contributed by atoms with Crippen molar-refractivity contribution in [3.63, 3.8) is 0 Å². The van der Waals surface area contributed by atoms with Gasteiger partial charge in [-0.1, -0.05) is 4.68 Å². The highest BCUT2D eigenvalue weighted by Crippen LogP contribution is 2.11. The third-order valence-corrected chi connectivity index (χ3v) is 2.47. The fourth-order valence-electron chi connectivity index (χ4n) is 1.56. The number of carbonyl (C=O) groups is 1. The van der Waals surface area contributed by atoms with E-state index in [-0.39, 0.29) is 18.3 Å². The van der Waals surface area contributed by atoms with Crippen molar-refractivity contribution in [2.24, 2.45) is 0 Å². The van der Waals surface area contributed by atoms with Gasteiger partial charge in [0.05, 0.1) is 7.11 Å². The Balaban J connectivity index is 2.14. The van der Waals surface area contributed by atoms with E-state index in [1.54, 1.807) is 38.3 Å². The minimum absolute atomic E-state index is 0.0511. The summed E-state index contributed by atoms with van der Waals surface area (Å²) in [7, 11) is 1.57. The van der Waals surface area contributed by atoms with Crippen LogP contribution in [0.2, 0.25) is 0 Å². The maximum atomic E-state index is 12.0. The maximum absolute atomic E-state index is 12.0. The molecule has 1 heterocycles. The molecule has 0 unspecified atom stereocenters. The molecule has 6 heteroatoms. The number of aromatic nitrogens is 2. The molecule has 1 aromatic heterocycles. The van der Waals surface area contributed by atoms with Crippen LogP contribution < -0.4 is 15.2 Å². The number of methoxy groups -OCH3 is 1. The molecule has 0 aliphatic heterocycles. The number of anilines is 1. The molecule has 0 atom stereocenters. The Morgan fingerprint density at radius 1 is 1.44 bits per heavy atom. The van der Waals surface area contributed by atoms with Crippen LogP contribution >= 0.6 is 0 Å². The van der Waals surface area contributed by atoms with E-state index in [9.17, 15) is 4.79 Å². The number of Topliss-reactive ketones (excluding diaryl/α,β-unsaturated/α-hetero) is 1. The Kier molecular flexibility index (Phi) is 3.27. The van der Waals surface area contributed by atoms with Crippen LogP contribution in [0.3, 0.4) is 0 Å². The average molecular weight is 248 g/mol. The van der Waals surface area contributed by atoms with Crippen molar-refractivity contribution in [2.45, 2.75) is 13.5 Å². The minimum Gasteiger partial charge on any atom is -0.497 e. The molecule has 0 fully saturated rings. The molecule has 0 bridgehead atoms. The van der Waals surface area contributed by atoms with Gasteiger partial charge in [0.2, 0.25) is 11.7 Å². The van der Waals surface area contributed by atoms with Crippen LogP contribution in [0.25, 0.3) is 0 Å². The molecule has 2 aromatic rings. The highest BCUT2D eigenvalue weighted by atomic mass is 16.5. The summed E-state index contributed by atoms with van der Waals surface area (Å²) in [5.41, 5.74) is 6.15. The van der Waals surface area contributed by atoms with Gasteiger partial charge >= 0.3 is 6.01 Å². The standard InChI is InChI=1S/C12H13N3O3/c1-8-14-15(12(13)18-8)7-11(16)9-3-5-10(17-2)6-4-9/h3-6,13H,7H2,1-2H3/p+1. The van der Waals surface area contributed by atoms with Crippen LogP contribution in [-0.4, -0.2) is 18.0 Å². The van der Waals surface area contributed by atoms with Gasteiger partial charge in [-0.25, -0.2) is 0 Å². The van der Waals surface area contributed by atoms with Gasteiger partial charge in [0.25, 0.3) is 0 Å². The van der Waals surface area contributed by atoms with Crippen molar-refractivity contribution in [1.82, 2.24) is 5.10 Å². The zero-order chi connectivity index (χ0) is 13.1. The molecular formula is C12H14N3O3+. The quantitative estimate of drug-likeness (QED) is 0.637. The third kappa shape index (κ3) is 2.48. The number of ketones is 1.